The van der Waals surface area contributed by atoms with Gasteiger partial charge in [0.1, 0.15) is 12.4 Å². The highest BCUT2D eigenvalue weighted by Crippen LogP contribution is 2.31. The van der Waals surface area contributed by atoms with E-state index in [0.29, 0.717) is 45.7 Å². The van der Waals surface area contributed by atoms with Gasteiger partial charge < -0.3 is 19.3 Å². The topological polar surface area (TPSA) is 72.0 Å². The molecule has 1 aliphatic heterocycles. The van der Waals surface area contributed by atoms with Gasteiger partial charge in [-0.15, -0.1) is 11.3 Å². The van der Waals surface area contributed by atoms with Crippen molar-refractivity contribution in [1.29, 1.82) is 0 Å². The average molecular weight is 549 g/mol. The summed E-state index contributed by atoms with van der Waals surface area (Å²) in [5, 5.41) is 0. The Morgan fingerprint density at radius 1 is 1.29 bits per heavy atom. The quantitative estimate of drug-likeness (QED) is 0.311. The minimum absolute atomic E-state index is 0.313. The molecule has 1 aromatic heterocycles. The van der Waals surface area contributed by atoms with Crippen molar-refractivity contribution in [1.82, 2.24) is 14.8 Å². The number of aromatic nitrogens is 1. The van der Waals surface area contributed by atoms with Crippen molar-refractivity contribution in [3.8, 4) is 17.6 Å². The Morgan fingerprint density at radius 2 is 2.09 bits per heavy atom. The molecule has 2 amide bonds. The molecule has 2 heterocycles. The molecule has 0 bridgehead atoms. The maximum Gasteiger partial charge on any atom is 0.312 e. The third-order valence-corrected chi connectivity index (χ3v) is 6.81. The molecule has 2 aromatic rings. The normalized spacial score (nSPS) is 13.0. The number of carbonyl (C=O) groups is 2. The minimum Gasteiger partial charge on any atom is -0.496 e. The number of amides is 2. The van der Waals surface area contributed by atoms with E-state index in [4.69, 9.17) is 9.47 Å². The first-order chi connectivity index (χ1) is 16.2. The lowest BCUT2D eigenvalue weighted by Gasteiger charge is -2.37. The zero-order valence-corrected chi connectivity index (χ0v) is 22.4. The number of thiazole rings is 1. The monoisotopic (exact) mass is 547 g/mol. The highest BCUT2D eigenvalue weighted by Gasteiger charge is 2.34. The number of benzene rings is 1. The van der Waals surface area contributed by atoms with Crippen molar-refractivity contribution in [3.63, 3.8) is 0 Å². The summed E-state index contributed by atoms with van der Waals surface area (Å²) >= 11 is 4.99. The molecule has 0 spiro atoms. The summed E-state index contributed by atoms with van der Waals surface area (Å²) in [6.07, 6.45) is 3.02. The first kappa shape index (κ1) is 26.2. The number of hydrogen-bond donors (Lipinski definition) is 0. The maximum absolute atomic E-state index is 13.2. The van der Waals surface area contributed by atoms with Crippen LogP contribution in [0.5, 0.6) is 5.75 Å². The summed E-state index contributed by atoms with van der Waals surface area (Å²) in [5.74, 6) is 5.77. The third-order valence-electron chi connectivity index (χ3n) is 5.50. The molecular formula is C25H30BrN3O4S. The van der Waals surface area contributed by atoms with Crippen LogP contribution in [-0.4, -0.2) is 65.6 Å². The van der Waals surface area contributed by atoms with Gasteiger partial charge in [-0.25, -0.2) is 0 Å². The van der Waals surface area contributed by atoms with Crippen LogP contribution in [0.2, 0.25) is 0 Å². The van der Waals surface area contributed by atoms with Gasteiger partial charge in [-0.05, 0) is 72.8 Å². The van der Waals surface area contributed by atoms with Crippen molar-refractivity contribution in [2.45, 2.75) is 45.7 Å². The Hall–Kier alpha value is -2.41. The van der Waals surface area contributed by atoms with E-state index in [-0.39, 0.29) is 0 Å². The molecule has 34 heavy (non-hydrogen) atoms. The zero-order chi connectivity index (χ0) is 24.7. The van der Waals surface area contributed by atoms with Crippen molar-refractivity contribution in [2.75, 3.05) is 33.4 Å². The SMILES string of the molecule is COc1cc2c(cc1Br)CN(C(=O)C(=O)N(CCCOCC#Cc1cncs1)C(C)(C)C)CC2. The maximum atomic E-state index is 13.2. The van der Waals surface area contributed by atoms with E-state index in [2.05, 4.69) is 32.8 Å². The standard InChI is InChI=1S/C25H30BrN3O4S/c1-25(2,3)29(9-6-12-33-11-5-7-20-15-27-17-34-20)24(31)23(30)28-10-8-18-14-22(32-4)21(26)13-19(18)16-28/h13-15,17H,6,8-12,16H2,1-4H3. The van der Waals surface area contributed by atoms with Crippen molar-refractivity contribution < 1.29 is 19.1 Å². The Balaban J connectivity index is 1.55. The van der Waals surface area contributed by atoms with Gasteiger partial charge in [0.2, 0.25) is 0 Å². The Kier molecular flexibility index (Phi) is 9.11. The molecule has 0 aliphatic carbocycles. The van der Waals surface area contributed by atoms with Gasteiger partial charge in [-0.2, -0.15) is 0 Å². The summed E-state index contributed by atoms with van der Waals surface area (Å²) in [6, 6.07) is 3.96. The second kappa shape index (κ2) is 11.8. The van der Waals surface area contributed by atoms with E-state index < -0.39 is 17.4 Å². The van der Waals surface area contributed by atoms with E-state index in [9.17, 15) is 9.59 Å². The van der Waals surface area contributed by atoms with Crippen LogP contribution in [0.3, 0.4) is 0 Å². The van der Waals surface area contributed by atoms with E-state index in [1.807, 2.05) is 32.9 Å². The highest BCUT2D eigenvalue weighted by molar-refractivity contribution is 9.10. The van der Waals surface area contributed by atoms with Gasteiger partial charge in [0, 0.05) is 31.8 Å². The summed E-state index contributed by atoms with van der Waals surface area (Å²) in [4.78, 5) is 34.5. The van der Waals surface area contributed by atoms with Crippen LogP contribution in [0, 0.1) is 11.8 Å². The smallest absolute Gasteiger partial charge is 0.312 e. The number of nitrogens with zero attached hydrogens (tertiary/aromatic N) is 3. The molecule has 1 aromatic carbocycles. The summed E-state index contributed by atoms with van der Waals surface area (Å²) in [7, 11) is 1.63. The number of rotatable bonds is 6. The first-order valence-electron chi connectivity index (χ1n) is 11.1. The number of fused-ring (bicyclic) bond motifs is 1. The molecule has 9 heteroatoms. The van der Waals surface area contributed by atoms with Gasteiger partial charge in [-0.1, -0.05) is 11.8 Å². The number of halogens is 1. The van der Waals surface area contributed by atoms with Gasteiger partial charge in [-0.3, -0.25) is 14.6 Å². The van der Waals surface area contributed by atoms with Crippen LogP contribution in [0.15, 0.2) is 28.3 Å². The lowest BCUT2D eigenvalue weighted by molar-refractivity contribution is -0.155. The summed E-state index contributed by atoms with van der Waals surface area (Å²) < 4.78 is 11.8. The molecule has 1 aliphatic rings. The summed E-state index contributed by atoms with van der Waals surface area (Å²) in [5.41, 5.74) is 3.42. The predicted octanol–water partition coefficient (Wildman–Crippen LogP) is 3.88. The Bertz CT molecular complexity index is 1070. The van der Waals surface area contributed by atoms with Crippen LogP contribution >= 0.6 is 27.3 Å². The average Bonchev–Trinajstić information content (AvgIpc) is 3.32. The Labute approximate surface area is 213 Å². The van der Waals surface area contributed by atoms with Gasteiger partial charge >= 0.3 is 11.8 Å². The van der Waals surface area contributed by atoms with Crippen molar-refractivity contribution >= 4 is 39.1 Å². The number of ether oxygens (including phenoxy) is 2. The molecule has 0 saturated carbocycles. The van der Waals surface area contributed by atoms with Crippen LogP contribution in [0.1, 0.15) is 43.2 Å². The van der Waals surface area contributed by atoms with E-state index in [1.165, 1.54) is 11.3 Å². The zero-order valence-electron chi connectivity index (χ0n) is 20.0. The first-order valence-corrected chi connectivity index (χ1v) is 12.8. The second-order valence-corrected chi connectivity index (χ2v) is 10.7. The lowest BCUT2D eigenvalue weighted by atomic mass is 9.99. The molecular weight excluding hydrogens is 518 g/mol. The van der Waals surface area contributed by atoms with Gasteiger partial charge in [0.15, 0.2) is 0 Å². The van der Waals surface area contributed by atoms with Crippen LogP contribution < -0.4 is 4.74 Å². The van der Waals surface area contributed by atoms with Crippen molar-refractivity contribution in [3.05, 3.63) is 44.3 Å². The molecule has 182 valence electrons. The van der Waals surface area contributed by atoms with Gasteiger partial charge in [0.05, 0.1) is 28.2 Å². The Morgan fingerprint density at radius 3 is 2.76 bits per heavy atom. The van der Waals surface area contributed by atoms with Crippen LogP contribution in [0.4, 0.5) is 0 Å². The van der Waals surface area contributed by atoms with E-state index >= 15 is 0 Å². The van der Waals surface area contributed by atoms with Gasteiger partial charge in [0.25, 0.3) is 0 Å². The fourth-order valence-electron chi connectivity index (χ4n) is 3.73. The van der Waals surface area contributed by atoms with Crippen LogP contribution in [0.25, 0.3) is 0 Å². The second-order valence-electron chi connectivity index (χ2n) is 8.93. The molecule has 0 atom stereocenters. The fraction of sp³-hybridized carbons (Fsp3) is 0.480. The fourth-order valence-corrected chi connectivity index (χ4v) is 4.77. The number of methoxy groups -OCH3 is 1. The van der Waals surface area contributed by atoms with E-state index in [1.54, 1.807) is 28.6 Å². The highest BCUT2D eigenvalue weighted by atomic mass is 79.9. The van der Waals surface area contributed by atoms with Crippen molar-refractivity contribution in [2.24, 2.45) is 0 Å². The molecule has 0 unspecified atom stereocenters. The molecule has 0 N–H and O–H groups in total. The third kappa shape index (κ3) is 6.81. The van der Waals surface area contributed by atoms with E-state index in [0.717, 1.165) is 26.2 Å². The van der Waals surface area contributed by atoms with Crippen LogP contribution in [-0.2, 0) is 27.3 Å². The largest absolute Gasteiger partial charge is 0.496 e. The summed E-state index contributed by atoms with van der Waals surface area (Å²) in [6.45, 7) is 7.93. The minimum atomic E-state index is -0.483. The molecule has 0 saturated heterocycles. The number of carbonyl (C=O) groups excluding carboxylic acids is 2. The predicted molar refractivity (Wildman–Crippen MR) is 136 cm³/mol. The molecule has 0 radical (unpaired) electrons. The molecule has 3 rings (SSSR count). The lowest BCUT2D eigenvalue weighted by Crippen LogP contribution is -2.53. The number of hydrogen-bond acceptors (Lipinski definition) is 6. The molecule has 7 nitrogen and oxygen atoms in total. The molecule has 0 fully saturated rings.